The van der Waals surface area contributed by atoms with Gasteiger partial charge in [0.25, 0.3) is 0 Å². The molecule has 1 fully saturated rings. The minimum absolute atomic E-state index is 0. The third kappa shape index (κ3) is 5.56. The Morgan fingerprint density at radius 1 is 0.568 bits per heavy atom. The van der Waals surface area contributed by atoms with Crippen LogP contribution in [0, 0.1) is 0 Å². The first-order valence-electron chi connectivity index (χ1n) is 16.3. The van der Waals surface area contributed by atoms with Crippen LogP contribution < -0.4 is 24.8 Å². The fourth-order valence-corrected chi connectivity index (χ4v) is 31.7. The topological polar surface area (TPSA) is 0 Å². The smallest absolute Gasteiger partial charge is 1.00 e. The van der Waals surface area contributed by atoms with Gasteiger partial charge in [0, 0.05) is 0 Å². The molecule has 7 rings (SSSR count). The van der Waals surface area contributed by atoms with Crippen LogP contribution in [0.4, 0.5) is 0 Å². The molecule has 0 amide bonds. The molecule has 44 heavy (non-hydrogen) atoms. The molecule has 1 heterocycles. The third-order valence-corrected chi connectivity index (χ3v) is 33.6. The molecule has 0 N–H and O–H groups in total. The molecule has 2 unspecified atom stereocenters. The van der Waals surface area contributed by atoms with Crippen LogP contribution in [0.3, 0.4) is 0 Å². The molecule has 226 valence electrons. The maximum absolute atomic E-state index is 2.91. The largest absolute Gasteiger partial charge is 1.00 e. The van der Waals surface area contributed by atoms with Crippen molar-refractivity contribution in [2.45, 2.75) is 75.5 Å². The summed E-state index contributed by atoms with van der Waals surface area (Å²) in [5.41, 5.74) is 18.1. The Labute approximate surface area is 282 Å². The molecular formula is C41H44Cl2Hf. The van der Waals surface area contributed by atoms with Gasteiger partial charge >= 0.3 is 259 Å². The van der Waals surface area contributed by atoms with E-state index >= 15 is 0 Å². The van der Waals surface area contributed by atoms with Gasteiger partial charge in [0.05, 0.1) is 0 Å². The van der Waals surface area contributed by atoms with E-state index < -0.39 is 20.0 Å². The third-order valence-electron chi connectivity index (χ3n) is 10.6. The van der Waals surface area contributed by atoms with Crippen LogP contribution >= 0.6 is 0 Å². The molecule has 0 spiro atoms. The second-order valence-corrected chi connectivity index (χ2v) is 29.8. The van der Waals surface area contributed by atoms with E-state index in [9.17, 15) is 0 Å². The SMILES string of the molecule is CCCc1ccc(-c2cccc3c2C=C(C)[CH]3[Hf+2]2([CH]3C(C)=Cc4c(-c5ccc(CCC)cc5)cccc43)[CH2]C[CH2]2)cc1.[Cl-].[Cl-]. The Morgan fingerprint density at radius 2 is 0.977 bits per heavy atom. The van der Waals surface area contributed by atoms with Gasteiger partial charge in [-0.05, 0) is 0 Å². The first kappa shape index (κ1) is 33.2. The van der Waals surface area contributed by atoms with Crippen LogP contribution in [-0.4, -0.2) is 0 Å². The number of rotatable bonds is 8. The summed E-state index contributed by atoms with van der Waals surface area (Å²) in [6, 6.07) is 33.2. The first-order valence-corrected chi connectivity index (χ1v) is 25.6. The minimum Gasteiger partial charge on any atom is -1.00 e. The van der Waals surface area contributed by atoms with E-state index in [1.165, 1.54) is 72.1 Å². The molecule has 2 aliphatic carbocycles. The van der Waals surface area contributed by atoms with Crippen LogP contribution in [0.15, 0.2) is 96.1 Å². The zero-order valence-electron chi connectivity index (χ0n) is 26.6. The van der Waals surface area contributed by atoms with Crippen molar-refractivity contribution in [3.63, 3.8) is 0 Å². The average molecular weight is 786 g/mol. The van der Waals surface area contributed by atoms with Gasteiger partial charge in [-0.2, -0.15) is 0 Å². The molecule has 3 aliphatic rings. The van der Waals surface area contributed by atoms with Crippen molar-refractivity contribution in [1.29, 1.82) is 0 Å². The van der Waals surface area contributed by atoms with Gasteiger partial charge in [-0.1, -0.05) is 0 Å². The van der Waals surface area contributed by atoms with E-state index in [0.717, 1.165) is 12.8 Å². The molecule has 0 bridgehead atoms. The van der Waals surface area contributed by atoms with Gasteiger partial charge in [0.15, 0.2) is 0 Å². The number of benzene rings is 4. The summed E-state index contributed by atoms with van der Waals surface area (Å²) in [6.45, 7) is 9.45. The summed E-state index contributed by atoms with van der Waals surface area (Å²) >= 11 is -2.91. The second-order valence-electron chi connectivity index (χ2n) is 13.2. The number of allylic oxidation sites excluding steroid dienone is 2. The van der Waals surface area contributed by atoms with E-state index in [2.05, 4.69) is 125 Å². The van der Waals surface area contributed by atoms with E-state index in [1.54, 1.807) is 22.3 Å². The standard InChI is InChI=1S/2C19H19.C3H6.2ClH.Hf/c2*1-3-5-15-8-10-16(11-9-15)18-7-4-6-17-12-14(2)13-19(17)18;1-3-2;;;/h2*4,6-13H,3,5H2,1-2H3;1-3H2;2*1H;/q;;;;;+2/p-2. The molecular weight excluding hydrogens is 742 g/mol. The van der Waals surface area contributed by atoms with Gasteiger partial charge in [-0.15, -0.1) is 0 Å². The molecule has 3 heteroatoms. The molecule has 2 atom stereocenters. The Kier molecular flexibility index (Phi) is 10.3. The van der Waals surface area contributed by atoms with Gasteiger partial charge in [-0.3, -0.25) is 0 Å². The predicted octanol–water partition coefficient (Wildman–Crippen LogP) is 5.94. The molecule has 0 aromatic heterocycles. The average Bonchev–Trinajstić information content (AvgIpc) is 3.50. The molecule has 1 aliphatic heterocycles. The van der Waals surface area contributed by atoms with E-state index in [-0.39, 0.29) is 24.8 Å². The summed E-state index contributed by atoms with van der Waals surface area (Å²) in [7, 11) is 0. The monoisotopic (exact) mass is 786 g/mol. The van der Waals surface area contributed by atoms with Crippen LogP contribution in [0.25, 0.3) is 34.4 Å². The summed E-state index contributed by atoms with van der Waals surface area (Å²) in [4.78, 5) is 0. The van der Waals surface area contributed by atoms with Crippen molar-refractivity contribution < 1.29 is 44.8 Å². The zero-order chi connectivity index (χ0) is 28.8. The molecule has 4 aromatic rings. The predicted molar refractivity (Wildman–Crippen MR) is 179 cm³/mol. The van der Waals surface area contributed by atoms with Crippen LogP contribution in [0.5, 0.6) is 0 Å². The van der Waals surface area contributed by atoms with E-state index in [1.807, 2.05) is 0 Å². The Balaban J connectivity index is 0.00000192. The van der Waals surface area contributed by atoms with Crippen molar-refractivity contribution in [3.05, 3.63) is 129 Å². The fourth-order valence-electron chi connectivity index (χ4n) is 8.74. The zero-order valence-corrected chi connectivity index (χ0v) is 31.7. The molecule has 1 saturated heterocycles. The Bertz CT molecular complexity index is 1570. The van der Waals surface area contributed by atoms with Crippen molar-refractivity contribution in [2.24, 2.45) is 0 Å². The van der Waals surface area contributed by atoms with Crippen molar-refractivity contribution in [3.8, 4) is 22.3 Å². The number of hydrogen-bond acceptors (Lipinski definition) is 0. The number of fused-ring (bicyclic) bond motifs is 2. The minimum atomic E-state index is -2.91. The van der Waals surface area contributed by atoms with E-state index in [4.69, 9.17) is 0 Å². The van der Waals surface area contributed by atoms with Crippen molar-refractivity contribution >= 4 is 12.2 Å². The maximum atomic E-state index is 2.58. The first-order chi connectivity index (χ1) is 20.5. The fraction of sp³-hybridized carbons (Fsp3) is 0.317. The van der Waals surface area contributed by atoms with Gasteiger partial charge < -0.3 is 24.8 Å². The van der Waals surface area contributed by atoms with Crippen molar-refractivity contribution in [2.75, 3.05) is 0 Å². The van der Waals surface area contributed by atoms with Crippen LogP contribution in [0.1, 0.15) is 87.7 Å². The molecule has 0 saturated carbocycles. The summed E-state index contributed by atoms with van der Waals surface area (Å²) in [5, 5.41) is 0. The normalized spacial score (nSPS) is 18.4. The Hall–Kier alpha value is -2.19. The molecule has 0 radical (unpaired) electrons. The number of halogens is 2. The van der Waals surface area contributed by atoms with Crippen LogP contribution in [-0.2, 0) is 32.8 Å². The van der Waals surface area contributed by atoms with Gasteiger partial charge in [0.1, 0.15) is 0 Å². The maximum Gasteiger partial charge on any atom is -1.00 e. The van der Waals surface area contributed by atoms with E-state index in [0.29, 0.717) is 7.35 Å². The summed E-state index contributed by atoms with van der Waals surface area (Å²) in [6.07, 6.45) is 11.3. The van der Waals surface area contributed by atoms with Gasteiger partial charge in [0.2, 0.25) is 0 Å². The number of hydrogen-bond donors (Lipinski definition) is 0. The summed E-state index contributed by atoms with van der Waals surface area (Å²) in [5.74, 6) is 0. The second kappa shape index (κ2) is 13.7. The van der Waals surface area contributed by atoms with Crippen LogP contribution in [0.2, 0.25) is 8.35 Å². The van der Waals surface area contributed by atoms with Crippen molar-refractivity contribution in [1.82, 2.24) is 0 Å². The quantitative estimate of drug-likeness (QED) is 0.194. The number of aryl methyl sites for hydroxylation is 2. The summed E-state index contributed by atoms with van der Waals surface area (Å²) < 4.78 is 4.42. The molecule has 4 aromatic carbocycles. The Morgan fingerprint density at radius 3 is 1.32 bits per heavy atom. The molecule has 0 nitrogen and oxygen atoms in total. The van der Waals surface area contributed by atoms with Gasteiger partial charge in [-0.25, -0.2) is 0 Å².